The summed E-state index contributed by atoms with van der Waals surface area (Å²) in [7, 11) is 1.53. The van der Waals surface area contributed by atoms with E-state index in [4.69, 9.17) is 10.5 Å². The van der Waals surface area contributed by atoms with Gasteiger partial charge in [0.15, 0.2) is 6.17 Å². The van der Waals surface area contributed by atoms with Gasteiger partial charge in [-0.2, -0.15) is 0 Å². The second kappa shape index (κ2) is 11.7. The Morgan fingerprint density at radius 1 is 1.00 bits per heavy atom. The lowest BCUT2D eigenvalue weighted by molar-refractivity contribution is -0.133. The Balaban J connectivity index is 1.60. The van der Waals surface area contributed by atoms with Crippen LogP contribution in [0.15, 0.2) is 53.0 Å². The summed E-state index contributed by atoms with van der Waals surface area (Å²) in [4.78, 5) is 43.5. The van der Waals surface area contributed by atoms with Crippen LogP contribution in [0.3, 0.4) is 0 Å². The second-order valence-electron chi connectivity index (χ2n) is 9.21. The SMILES string of the molecule is COc1cccc(C(=O)N2CCCN(C(=O)Nc3cccc(Br)c3)C2C(=O)NC2CCC(N)CC2)c1. The van der Waals surface area contributed by atoms with Gasteiger partial charge in [-0.25, -0.2) is 4.79 Å². The highest BCUT2D eigenvalue weighted by molar-refractivity contribution is 9.10. The monoisotopic (exact) mass is 557 g/mol. The number of carbonyl (C=O) groups excluding carboxylic acids is 3. The van der Waals surface area contributed by atoms with Crippen molar-refractivity contribution in [2.75, 3.05) is 25.5 Å². The summed E-state index contributed by atoms with van der Waals surface area (Å²) in [5.74, 6) is -0.155. The van der Waals surface area contributed by atoms with Crippen molar-refractivity contribution in [2.24, 2.45) is 5.73 Å². The number of nitrogens with one attached hydrogen (secondary N) is 2. The Morgan fingerprint density at radius 3 is 2.44 bits per heavy atom. The van der Waals surface area contributed by atoms with Crippen LogP contribution in [0.2, 0.25) is 0 Å². The van der Waals surface area contributed by atoms with E-state index >= 15 is 0 Å². The third-order valence-corrected chi connectivity index (χ3v) is 7.15. The molecule has 0 aromatic heterocycles. The second-order valence-corrected chi connectivity index (χ2v) is 10.1. The van der Waals surface area contributed by atoms with Gasteiger partial charge in [-0.3, -0.25) is 14.5 Å². The standard InChI is InChI=1S/C26H32BrN5O4/c1-36-22-8-2-5-17(15-22)25(34)31-13-4-14-32(26(35)30-21-7-3-6-18(27)16-21)24(31)23(33)29-20-11-9-19(28)10-12-20/h2-3,5-8,15-16,19-20,24H,4,9-14,28H2,1H3,(H,29,33)(H,30,35). The van der Waals surface area contributed by atoms with Crippen molar-refractivity contribution in [1.82, 2.24) is 15.1 Å². The van der Waals surface area contributed by atoms with Crippen molar-refractivity contribution in [1.29, 1.82) is 0 Å². The predicted molar refractivity (Wildman–Crippen MR) is 141 cm³/mol. The van der Waals surface area contributed by atoms with Crippen LogP contribution in [0.5, 0.6) is 5.75 Å². The van der Waals surface area contributed by atoms with Gasteiger partial charge in [0.1, 0.15) is 5.75 Å². The molecule has 0 bridgehead atoms. The number of carbonyl (C=O) groups is 3. The van der Waals surface area contributed by atoms with Crippen LogP contribution in [-0.4, -0.2) is 66.1 Å². The van der Waals surface area contributed by atoms with Gasteiger partial charge in [-0.1, -0.05) is 28.1 Å². The molecule has 0 radical (unpaired) electrons. The fourth-order valence-corrected chi connectivity index (χ4v) is 5.15. The molecule has 1 heterocycles. The lowest BCUT2D eigenvalue weighted by Gasteiger charge is -2.43. The number of anilines is 1. The van der Waals surface area contributed by atoms with Gasteiger partial charge in [0.25, 0.3) is 11.8 Å². The van der Waals surface area contributed by atoms with Gasteiger partial charge >= 0.3 is 6.03 Å². The molecule has 192 valence electrons. The summed E-state index contributed by atoms with van der Waals surface area (Å²) < 4.78 is 6.09. The first-order chi connectivity index (χ1) is 17.4. The minimum absolute atomic E-state index is 0.0389. The highest BCUT2D eigenvalue weighted by Crippen LogP contribution is 2.24. The molecule has 1 saturated carbocycles. The van der Waals surface area contributed by atoms with Crippen LogP contribution in [0.1, 0.15) is 42.5 Å². The largest absolute Gasteiger partial charge is 0.497 e. The molecule has 9 nitrogen and oxygen atoms in total. The van der Waals surface area contributed by atoms with E-state index in [1.807, 2.05) is 12.1 Å². The van der Waals surface area contributed by atoms with Gasteiger partial charge in [0.2, 0.25) is 0 Å². The minimum Gasteiger partial charge on any atom is -0.497 e. The fraction of sp³-hybridized carbons (Fsp3) is 0.423. The zero-order chi connectivity index (χ0) is 25.7. The van der Waals surface area contributed by atoms with Gasteiger partial charge < -0.3 is 26.0 Å². The summed E-state index contributed by atoms with van der Waals surface area (Å²) in [5, 5.41) is 5.95. The Kier molecular flexibility index (Phi) is 8.48. The number of urea groups is 1. The summed E-state index contributed by atoms with van der Waals surface area (Å²) >= 11 is 3.41. The molecule has 1 atom stereocenters. The average Bonchev–Trinajstić information content (AvgIpc) is 2.89. The summed E-state index contributed by atoms with van der Waals surface area (Å²) in [6.07, 6.45) is 2.66. The van der Waals surface area contributed by atoms with Crippen LogP contribution in [0.25, 0.3) is 0 Å². The molecule has 36 heavy (non-hydrogen) atoms. The van der Waals surface area contributed by atoms with Crippen LogP contribution >= 0.6 is 15.9 Å². The van der Waals surface area contributed by atoms with Gasteiger partial charge in [-0.05, 0) is 68.5 Å². The third-order valence-electron chi connectivity index (χ3n) is 6.66. The van der Waals surface area contributed by atoms with Crippen molar-refractivity contribution in [3.63, 3.8) is 0 Å². The number of hydrogen-bond acceptors (Lipinski definition) is 5. The van der Waals surface area contributed by atoms with Crippen molar-refractivity contribution in [3.8, 4) is 5.75 Å². The molecule has 2 aliphatic rings. The number of rotatable bonds is 5. The molecule has 1 aliphatic carbocycles. The molecule has 4 amide bonds. The minimum atomic E-state index is -1.08. The average molecular weight is 558 g/mol. The molecule has 1 aliphatic heterocycles. The highest BCUT2D eigenvalue weighted by atomic mass is 79.9. The van der Waals surface area contributed by atoms with E-state index in [2.05, 4.69) is 26.6 Å². The van der Waals surface area contributed by atoms with Crippen molar-refractivity contribution in [2.45, 2.75) is 50.4 Å². The Hall–Kier alpha value is -3.11. The van der Waals surface area contributed by atoms with E-state index in [1.165, 1.54) is 16.9 Å². The van der Waals surface area contributed by atoms with E-state index in [1.54, 1.807) is 36.4 Å². The van der Waals surface area contributed by atoms with Crippen LogP contribution in [0, 0.1) is 0 Å². The lowest BCUT2D eigenvalue weighted by Crippen LogP contribution is -2.65. The summed E-state index contributed by atoms with van der Waals surface area (Å²) in [5.41, 5.74) is 7.01. The molecule has 1 unspecified atom stereocenters. The van der Waals surface area contributed by atoms with Gasteiger partial charge in [0.05, 0.1) is 7.11 Å². The maximum absolute atomic E-state index is 13.6. The van der Waals surface area contributed by atoms with E-state index in [9.17, 15) is 14.4 Å². The number of benzene rings is 2. The lowest BCUT2D eigenvalue weighted by atomic mass is 9.91. The highest BCUT2D eigenvalue weighted by Gasteiger charge is 2.41. The van der Waals surface area contributed by atoms with E-state index in [0.29, 0.717) is 36.5 Å². The molecule has 0 spiro atoms. The number of halogens is 1. The maximum atomic E-state index is 13.6. The smallest absolute Gasteiger partial charge is 0.323 e. The molecule has 4 rings (SSSR count). The first kappa shape index (κ1) is 26.0. The van der Waals surface area contributed by atoms with Crippen LogP contribution in [-0.2, 0) is 4.79 Å². The predicted octanol–water partition coefficient (Wildman–Crippen LogP) is 3.55. The number of nitrogens with zero attached hydrogens (tertiary/aromatic N) is 2. The fourth-order valence-electron chi connectivity index (χ4n) is 4.76. The van der Waals surface area contributed by atoms with Crippen molar-refractivity contribution < 1.29 is 19.1 Å². The van der Waals surface area contributed by atoms with Crippen LogP contribution < -0.4 is 21.1 Å². The molecular weight excluding hydrogens is 526 g/mol. The zero-order valence-corrected chi connectivity index (χ0v) is 21.9. The number of ether oxygens (including phenoxy) is 1. The molecule has 10 heteroatoms. The zero-order valence-electron chi connectivity index (χ0n) is 20.3. The third kappa shape index (κ3) is 6.17. The van der Waals surface area contributed by atoms with Crippen molar-refractivity contribution >= 4 is 39.5 Å². The van der Waals surface area contributed by atoms with E-state index in [0.717, 1.165) is 30.2 Å². The number of nitrogens with two attached hydrogens (primary N) is 1. The summed E-state index contributed by atoms with van der Waals surface area (Å²) in [6, 6.07) is 13.7. The Bertz CT molecular complexity index is 1110. The normalized spacial score (nSPS) is 22.0. The number of amides is 4. The molecule has 2 aromatic rings. The van der Waals surface area contributed by atoms with Crippen LogP contribution in [0.4, 0.5) is 10.5 Å². The Labute approximate surface area is 219 Å². The van der Waals surface area contributed by atoms with E-state index in [-0.39, 0.29) is 23.9 Å². The maximum Gasteiger partial charge on any atom is 0.323 e. The quantitative estimate of drug-likeness (QED) is 0.519. The number of hydrogen-bond donors (Lipinski definition) is 3. The topological polar surface area (TPSA) is 117 Å². The first-order valence-corrected chi connectivity index (χ1v) is 13.0. The molecule has 4 N–H and O–H groups in total. The summed E-state index contributed by atoms with van der Waals surface area (Å²) in [6.45, 7) is 0.694. The molecule has 2 fully saturated rings. The Morgan fingerprint density at radius 2 is 1.72 bits per heavy atom. The molecular formula is C26H32BrN5O4. The molecule has 1 saturated heterocycles. The van der Waals surface area contributed by atoms with Crippen molar-refractivity contribution in [3.05, 3.63) is 58.6 Å². The first-order valence-electron chi connectivity index (χ1n) is 12.2. The number of methoxy groups -OCH3 is 1. The van der Waals surface area contributed by atoms with E-state index < -0.39 is 12.2 Å². The van der Waals surface area contributed by atoms with Gasteiger partial charge in [-0.15, -0.1) is 0 Å². The van der Waals surface area contributed by atoms with Gasteiger partial charge in [0, 0.05) is 40.9 Å². The molecule has 2 aromatic carbocycles.